The zero-order valence-corrected chi connectivity index (χ0v) is 4.62. The molecular weight excluding hydrogens is 112 g/mol. The van der Waals surface area contributed by atoms with Crippen LogP contribution >= 0.6 is 0 Å². The minimum atomic E-state index is -3.10. The highest BCUT2D eigenvalue weighted by Crippen LogP contribution is 2.17. The second kappa shape index (κ2) is 2.61. The summed E-state index contributed by atoms with van der Waals surface area (Å²) in [5, 5.41) is 7.73. The van der Waals surface area contributed by atoms with Crippen LogP contribution in [0.3, 0.4) is 0 Å². The molecule has 46 valence electrons. The predicted octanol–water partition coefficient (Wildman–Crippen LogP) is 1.95. The summed E-state index contributed by atoms with van der Waals surface area (Å²) in [6.07, 6.45) is 0.0179. The molecule has 8 heavy (non-hydrogen) atoms. The molecule has 0 unspecified atom stereocenters. The van der Waals surface area contributed by atoms with Crippen LogP contribution in [0.15, 0.2) is 0 Å². The quantitative estimate of drug-likeness (QED) is 0.545. The normalized spacial score (nSPS) is 10.8. The van der Waals surface area contributed by atoms with Crippen LogP contribution in [-0.4, -0.2) is 5.92 Å². The fourth-order valence-electron chi connectivity index (χ4n) is 0.370. The van der Waals surface area contributed by atoms with Crippen molar-refractivity contribution < 1.29 is 8.78 Å². The lowest BCUT2D eigenvalue weighted by molar-refractivity contribution is 0.0535. The van der Waals surface area contributed by atoms with Crippen molar-refractivity contribution in [2.45, 2.75) is 25.7 Å². The molecule has 0 saturated carbocycles. The molecule has 0 rings (SSSR count). The van der Waals surface area contributed by atoms with Gasteiger partial charge in [0, 0.05) is 6.42 Å². The van der Waals surface area contributed by atoms with Gasteiger partial charge in [0.15, 0.2) is 0 Å². The zero-order valence-electron chi connectivity index (χ0n) is 4.62. The van der Waals surface area contributed by atoms with E-state index in [9.17, 15) is 8.78 Å². The van der Waals surface area contributed by atoms with Gasteiger partial charge in [-0.1, -0.05) is 6.92 Å². The van der Waals surface area contributed by atoms with Crippen molar-refractivity contribution in [1.29, 1.82) is 5.26 Å². The smallest absolute Gasteiger partial charge is 0.192 e. The summed E-state index contributed by atoms with van der Waals surface area (Å²) in [5.74, 6) is -3.10. The van der Waals surface area contributed by atoms with Crippen molar-refractivity contribution in [3.8, 4) is 6.07 Å². The molecule has 0 aliphatic carbocycles. The van der Waals surface area contributed by atoms with Crippen LogP contribution in [0, 0.1) is 11.3 Å². The Balaban J connectivity index is 3.59. The molecule has 0 aliphatic heterocycles. The van der Waals surface area contributed by atoms with E-state index in [0.717, 1.165) is 6.07 Å². The molecule has 0 aromatic carbocycles. The lowest BCUT2D eigenvalue weighted by Crippen LogP contribution is -2.10. The topological polar surface area (TPSA) is 23.8 Å². The van der Waals surface area contributed by atoms with Crippen molar-refractivity contribution >= 4 is 0 Å². The van der Waals surface area contributed by atoms with Crippen molar-refractivity contribution in [2.24, 2.45) is 0 Å². The van der Waals surface area contributed by atoms with Crippen LogP contribution in [0.25, 0.3) is 0 Å². The first-order valence-corrected chi connectivity index (χ1v) is 2.41. The fraction of sp³-hybridized carbons (Fsp3) is 0.800. The summed E-state index contributed by atoms with van der Waals surface area (Å²) in [6.45, 7) is 1.62. The van der Waals surface area contributed by atoms with E-state index in [-0.39, 0.29) is 6.42 Å². The third-order valence-electron chi connectivity index (χ3n) is 0.728. The summed E-state index contributed by atoms with van der Waals surface area (Å²) in [6, 6.07) is 0.909. The highest BCUT2D eigenvalue weighted by molar-refractivity contribution is 4.90. The van der Waals surface area contributed by atoms with Gasteiger partial charge in [0.25, 0.3) is 0 Å². The molecular formula is C5H7F2N. The molecule has 0 heterocycles. The van der Waals surface area contributed by atoms with E-state index in [1.807, 2.05) is 0 Å². The van der Waals surface area contributed by atoms with Crippen molar-refractivity contribution in [2.75, 3.05) is 0 Å². The third kappa shape index (κ3) is 2.51. The van der Waals surface area contributed by atoms with Gasteiger partial charge in [-0.05, 0) is 6.42 Å². The van der Waals surface area contributed by atoms with Gasteiger partial charge in [-0.2, -0.15) is 14.0 Å². The van der Waals surface area contributed by atoms with E-state index < -0.39 is 5.92 Å². The maximum absolute atomic E-state index is 11.8. The number of hydrogen-bond acceptors (Lipinski definition) is 1. The van der Waals surface area contributed by atoms with Crippen LogP contribution in [0.4, 0.5) is 8.78 Å². The maximum Gasteiger partial charge on any atom is 0.332 e. The Hall–Kier alpha value is -0.650. The van der Waals surface area contributed by atoms with Crippen LogP contribution in [0.1, 0.15) is 19.8 Å². The Bertz CT molecular complexity index is 103. The van der Waals surface area contributed by atoms with Gasteiger partial charge in [-0.3, -0.25) is 0 Å². The highest BCUT2D eigenvalue weighted by Gasteiger charge is 2.25. The third-order valence-corrected chi connectivity index (χ3v) is 0.728. The van der Waals surface area contributed by atoms with Gasteiger partial charge >= 0.3 is 5.92 Å². The Kier molecular flexibility index (Phi) is 2.40. The molecule has 0 aromatic heterocycles. The Morgan fingerprint density at radius 1 is 1.62 bits per heavy atom. The largest absolute Gasteiger partial charge is 0.332 e. The van der Waals surface area contributed by atoms with Crippen molar-refractivity contribution in [3.63, 3.8) is 0 Å². The SMILES string of the molecule is CCCC(F)(F)C#N. The Labute approximate surface area is 46.9 Å². The van der Waals surface area contributed by atoms with E-state index in [1.54, 1.807) is 6.92 Å². The standard InChI is InChI=1S/C5H7F2N/c1-2-3-5(6,7)4-8/h2-3H2,1H3. The summed E-state index contributed by atoms with van der Waals surface area (Å²) in [4.78, 5) is 0. The van der Waals surface area contributed by atoms with Gasteiger partial charge < -0.3 is 0 Å². The number of alkyl halides is 2. The average Bonchev–Trinajstić information content (AvgIpc) is 1.67. The van der Waals surface area contributed by atoms with Gasteiger partial charge in [0.05, 0.1) is 0 Å². The van der Waals surface area contributed by atoms with Crippen LogP contribution in [0.5, 0.6) is 0 Å². The monoisotopic (exact) mass is 119 g/mol. The van der Waals surface area contributed by atoms with Gasteiger partial charge in [-0.15, -0.1) is 0 Å². The van der Waals surface area contributed by atoms with Gasteiger partial charge in [-0.25, -0.2) is 0 Å². The first-order valence-electron chi connectivity index (χ1n) is 2.41. The summed E-state index contributed by atoms with van der Waals surface area (Å²) < 4.78 is 23.6. The highest BCUT2D eigenvalue weighted by atomic mass is 19.3. The summed E-state index contributed by atoms with van der Waals surface area (Å²) >= 11 is 0. The Morgan fingerprint density at radius 3 is 2.25 bits per heavy atom. The number of nitrogens with zero attached hydrogens (tertiary/aromatic N) is 1. The summed E-state index contributed by atoms with van der Waals surface area (Å²) in [5.41, 5.74) is 0. The lowest BCUT2D eigenvalue weighted by atomic mass is 10.2. The van der Waals surface area contributed by atoms with E-state index in [1.165, 1.54) is 0 Å². The molecule has 1 nitrogen and oxygen atoms in total. The average molecular weight is 119 g/mol. The first-order chi connectivity index (χ1) is 3.62. The van der Waals surface area contributed by atoms with E-state index in [4.69, 9.17) is 5.26 Å². The first kappa shape index (κ1) is 7.35. The molecule has 0 spiro atoms. The van der Waals surface area contributed by atoms with Crippen molar-refractivity contribution in [3.05, 3.63) is 0 Å². The molecule has 0 aliphatic rings. The van der Waals surface area contributed by atoms with Crippen LogP contribution < -0.4 is 0 Å². The van der Waals surface area contributed by atoms with Crippen LogP contribution in [0.2, 0.25) is 0 Å². The molecule has 0 aromatic rings. The molecule has 0 saturated heterocycles. The van der Waals surface area contributed by atoms with Crippen molar-refractivity contribution in [1.82, 2.24) is 0 Å². The number of nitriles is 1. The van der Waals surface area contributed by atoms with Gasteiger partial charge in [0.1, 0.15) is 6.07 Å². The fourth-order valence-corrected chi connectivity index (χ4v) is 0.370. The molecule has 3 heteroatoms. The molecule has 0 radical (unpaired) electrons. The molecule has 0 amide bonds. The summed E-state index contributed by atoms with van der Waals surface area (Å²) in [7, 11) is 0. The molecule has 0 atom stereocenters. The number of hydrogen-bond donors (Lipinski definition) is 0. The molecule has 0 N–H and O–H groups in total. The van der Waals surface area contributed by atoms with E-state index >= 15 is 0 Å². The molecule has 0 bridgehead atoms. The number of halogens is 2. The van der Waals surface area contributed by atoms with Gasteiger partial charge in [0.2, 0.25) is 0 Å². The minimum absolute atomic E-state index is 0.330. The predicted molar refractivity (Wildman–Crippen MR) is 25.5 cm³/mol. The second-order valence-corrected chi connectivity index (χ2v) is 1.57. The lowest BCUT2D eigenvalue weighted by Gasteiger charge is -2.01. The van der Waals surface area contributed by atoms with Crippen LogP contribution in [-0.2, 0) is 0 Å². The zero-order chi connectivity index (χ0) is 6.62. The Morgan fingerprint density at radius 2 is 2.12 bits per heavy atom. The van der Waals surface area contributed by atoms with E-state index in [2.05, 4.69) is 0 Å². The molecule has 0 fully saturated rings. The van der Waals surface area contributed by atoms with E-state index in [0.29, 0.717) is 6.42 Å². The number of rotatable bonds is 2. The minimum Gasteiger partial charge on any atom is -0.192 e. The maximum atomic E-state index is 11.8. The second-order valence-electron chi connectivity index (χ2n) is 1.57.